The molecule has 0 saturated heterocycles. The number of nitrogens with one attached hydrogen (secondary N) is 1. The number of aliphatic imine (C=N–C) groups is 1. The number of hydrogen-bond donors (Lipinski definition) is 2. The molecule has 0 radical (unpaired) electrons. The first-order chi connectivity index (χ1) is 9.66. The van der Waals surface area contributed by atoms with E-state index < -0.39 is 0 Å². The van der Waals surface area contributed by atoms with Crippen molar-refractivity contribution in [3.05, 3.63) is 24.0 Å². The molecular formula is C15H26IN5. The predicted molar refractivity (Wildman–Crippen MR) is 99.3 cm³/mol. The van der Waals surface area contributed by atoms with E-state index in [0.717, 1.165) is 11.4 Å². The van der Waals surface area contributed by atoms with Gasteiger partial charge in [0.05, 0.1) is 17.9 Å². The predicted octanol–water partition coefficient (Wildman–Crippen LogP) is 2.50. The van der Waals surface area contributed by atoms with Crippen LogP contribution in [-0.2, 0) is 6.54 Å². The van der Waals surface area contributed by atoms with Gasteiger partial charge in [-0.2, -0.15) is 0 Å². The average molecular weight is 403 g/mol. The number of rotatable bonds is 4. The number of halogens is 1. The van der Waals surface area contributed by atoms with Crippen molar-refractivity contribution in [1.82, 2.24) is 10.3 Å². The zero-order valence-electron chi connectivity index (χ0n) is 12.9. The van der Waals surface area contributed by atoms with Crippen molar-refractivity contribution in [3.8, 4) is 0 Å². The Kier molecular flexibility index (Phi) is 7.77. The summed E-state index contributed by atoms with van der Waals surface area (Å²) in [6.45, 7) is 0.514. The molecule has 1 aromatic rings. The van der Waals surface area contributed by atoms with Crippen molar-refractivity contribution >= 4 is 35.6 Å². The van der Waals surface area contributed by atoms with Crippen LogP contribution in [0.4, 0.5) is 5.69 Å². The number of guanidine groups is 1. The molecule has 0 spiro atoms. The first-order valence-electron chi connectivity index (χ1n) is 7.34. The fraction of sp³-hybridized carbons (Fsp3) is 0.600. The molecule has 0 unspecified atom stereocenters. The second kappa shape index (κ2) is 9.07. The molecule has 0 aromatic carbocycles. The molecule has 0 aliphatic heterocycles. The van der Waals surface area contributed by atoms with Gasteiger partial charge in [0.25, 0.3) is 0 Å². The molecule has 1 aliphatic rings. The second-order valence-corrected chi connectivity index (χ2v) is 5.54. The summed E-state index contributed by atoms with van der Waals surface area (Å²) < 4.78 is 0. The number of nitrogens with zero attached hydrogens (tertiary/aromatic N) is 3. The summed E-state index contributed by atoms with van der Waals surface area (Å²) in [6.07, 6.45) is 8.11. The van der Waals surface area contributed by atoms with Gasteiger partial charge in [-0.25, -0.2) is 4.99 Å². The minimum Gasteiger partial charge on any atom is -0.376 e. The molecule has 118 valence electrons. The molecule has 3 N–H and O–H groups in total. The van der Waals surface area contributed by atoms with Crippen LogP contribution in [0.15, 0.2) is 23.3 Å². The van der Waals surface area contributed by atoms with Gasteiger partial charge < -0.3 is 16.0 Å². The SMILES string of the molecule is CN(C)c1cccnc1CN=C(N)NC1CCCCC1.I. The van der Waals surface area contributed by atoms with Gasteiger partial charge >= 0.3 is 0 Å². The average Bonchev–Trinajstić information content (AvgIpc) is 2.46. The summed E-state index contributed by atoms with van der Waals surface area (Å²) in [5, 5.41) is 3.32. The molecule has 1 fully saturated rings. The summed E-state index contributed by atoms with van der Waals surface area (Å²) in [5.74, 6) is 0.534. The Balaban J connectivity index is 0.00000220. The van der Waals surface area contributed by atoms with Gasteiger partial charge in [0.1, 0.15) is 0 Å². The highest BCUT2D eigenvalue weighted by atomic mass is 127. The Labute approximate surface area is 144 Å². The van der Waals surface area contributed by atoms with Crippen LogP contribution in [0, 0.1) is 0 Å². The number of pyridine rings is 1. The summed E-state index contributed by atoms with van der Waals surface area (Å²) in [4.78, 5) is 10.9. The summed E-state index contributed by atoms with van der Waals surface area (Å²) in [5.41, 5.74) is 8.01. The normalized spacial score (nSPS) is 16.2. The minimum atomic E-state index is 0. The molecule has 1 heterocycles. The lowest BCUT2D eigenvalue weighted by Crippen LogP contribution is -2.41. The third-order valence-electron chi connectivity index (χ3n) is 3.70. The van der Waals surface area contributed by atoms with E-state index in [-0.39, 0.29) is 24.0 Å². The molecule has 21 heavy (non-hydrogen) atoms. The molecule has 2 rings (SSSR count). The number of anilines is 1. The van der Waals surface area contributed by atoms with Crippen molar-refractivity contribution in [2.24, 2.45) is 10.7 Å². The van der Waals surface area contributed by atoms with Gasteiger partial charge in [-0.15, -0.1) is 24.0 Å². The Morgan fingerprint density at radius 2 is 2.10 bits per heavy atom. The fourth-order valence-electron chi connectivity index (χ4n) is 2.62. The van der Waals surface area contributed by atoms with Crippen LogP contribution >= 0.6 is 24.0 Å². The van der Waals surface area contributed by atoms with Crippen LogP contribution in [0.1, 0.15) is 37.8 Å². The quantitative estimate of drug-likeness (QED) is 0.461. The van der Waals surface area contributed by atoms with E-state index in [1.807, 2.05) is 31.1 Å². The molecule has 1 aliphatic carbocycles. The van der Waals surface area contributed by atoms with Crippen molar-refractivity contribution in [1.29, 1.82) is 0 Å². The topological polar surface area (TPSA) is 66.5 Å². The maximum Gasteiger partial charge on any atom is 0.189 e. The van der Waals surface area contributed by atoms with Crippen LogP contribution in [0.25, 0.3) is 0 Å². The monoisotopic (exact) mass is 403 g/mol. The van der Waals surface area contributed by atoms with Crippen LogP contribution < -0.4 is 16.0 Å². The van der Waals surface area contributed by atoms with Crippen molar-refractivity contribution in [2.45, 2.75) is 44.7 Å². The molecule has 5 nitrogen and oxygen atoms in total. The van der Waals surface area contributed by atoms with Gasteiger partial charge in [0, 0.05) is 26.3 Å². The van der Waals surface area contributed by atoms with Crippen molar-refractivity contribution in [2.75, 3.05) is 19.0 Å². The maximum absolute atomic E-state index is 5.98. The van der Waals surface area contributed by atoms with E-state index in [4.69, 9.17) is 5.73 Å². The van der Waals surface area contributed by atoms with Crippen molar-refractivity contribution in [3.63, 3.8) is 0 Å². The Morgan fingerprint density at radius 3 is 2.76 bits per heavy atom. The zero-order valence-corrected chi connectivity index (χ0v) is 15.2. The van der Waals surface area contributed by atoms with E-state index in [1.54, 1.807) is 6.20 Å². The smallest absolute Gasteiger partial charge is 0.189 e. The lowest BCUT2D eigenvalue weighted by molar-refractivity contribution is 0.412. The minimum absolute atomic E-state index is 0. The van der Waals surface area contributed by atoms with E-state index in [2.05, 4.69) is 15.3 Å². The van der Waals surface area contributed by atoms with Crippen LogP contribution in [0.5, 0.6) is 0 Å². The molecule has 1 saturated carbocycles. The highest BCUT2D eigenvalue weighted by Crippen LogP contribution is 2.18. The zero-order chi connectivity index (χ0) is 14.4. The Morgan fingerprint density at radius 1 is 1.38 bits per heavy atom. The van der Waals surface area contributed by atoms with Gasteiger partial charge in [-0.05, 0) is 25.0 Å². The van der Waals surface area contributed by atoms with E-state index in [9.17, 15) is 0 Å². The third-order valence-corrected chi connectivity index (χ3v) is 3.70. The summed E-state index contributed by atoms with van der Waals surface area (Å²) in [7, 11) is 4.02. The van der Waals surface area contributed by atoms with E-state index in [1.165, 1.54) is 32.1 Å². The molecule has 0 atom stereocenters. The lowest BCUT2D eigenvalue weighted by Gasteiger charge is -2.23. The fourth-order valence-corrected chi connectivity index (χ4v) is 2.62. The Hall–Kier alpha value is -1.05. The van der Waals surface area contributed by atoms with E-state index in [0.29, 0.717) is 18.5 Å². The lowest BCUT2D eigenvalue weighted by atomic mass is 9.96. The van der Waals surface area contributed by atoms with Gasteiger partial charge in [0.15, 0.2) is 5.96 Å². The number of aromatic nitrogens is 1. The van der Waals surface area contributed by atoms with Crippen molar-refractivity contribution < 1.29 is 0 Å². The summed E-state index contributed by atoms with van der Waals surface area (Å²) in [6, 6.07) is 4.47. The van der Waals surface area contributed by atoms with E-state index >= 15 is 0 Å². The number of nitrogens with two attached hydrogens (primary N) is 1. The summed E-state index contributed by atoms with van der Waals surface area (Å²) >= 11 is 0. The van der Waals surface area contributed by atoms with Gasteiger partial charge in [-0.3, -0.25) is 4.98 Å². The first kappa shape index (κ1) is 18.0. The van der Waals surface area contributed by atoms with Gasteiger partial charge in [-0.1, -0.05) is 19.3 Å². The maximum atomic E-state index is 5.98. The molecule has 6 heteroatoms. The third kappa shape index (κ3) is 5.68. The largest absolute Gasteiger partial charge is 0.376 e. The highest BCUT2D eigenvalue weighted by molar-refractivity contribution is 14.0. The highest BCUT2D eigenvalue weighted by Gasteiger charge is 2.13. The second-order valence-electron chi connectivity index (χ2n) is 5.54. The number of hydrogen-bond acceptors (Lipinski definition) is 3. The molecular weight excluding hydrogens is 377 g/mol. The molecule has 1 aromatic heterocycles. The molecule has 0 amide bonds. The van der Waals surface area contributed by atoms with Gasteiger partial charge in [0.2, 0.25) is 0 Å². The van der Waals surface area contributed by atoms with Crippen LogP contribution in [0.3, 0.4) is 0 Å². The Bertz CT molecular complexity index is 455. The molecule has 0 bridgehead atoms. The standard InChI is InChI=1S/C15H25N5.HI/c1-20(2)14-9-6-10-17-13(14)11-18-15(16)19-12-7-4-3-5-8-12;/h6,9-10,12H,3-5,7-8,11H2,1-2H3,(H3,16,18,19);1H. The van der Waals surface area contributed by atoms with Crippen LogP contribution in [0.2, 0.25) is 0 Å². The van der Waals surface area contributed by atoms with Crippen LogP contribution in [-0.4, -0.2) is 31.1 Å². The first-order valence-corrected chi connectivity index (χ1v) is 7.34.